The zero-order valence-corrected chi connectivity index (χ0v) is 12.5. The molecule has 6 heteroatoms. The second kappa shape index (κ2) is 10.2. The fourth-order valence-corrected chi connectivity index (χ4v) is 3.10. The van der Waals surface area contributed by atoms with Crippen molar-refractivity contribution in [3.05, 3.63) is 11.4 Å². The average molecular weight is 271 g/mol. The van der Waals surface area contributed by atoms with E-state index in [9.17, 15) is 0 Å². The van der Waals surface area contributed by atoms with E-state index in [0.717, 1.165) is 0 Å². The summed E-state index contributed by atoms with van der Waals surface area (Å²) in [6, 6.07) is 2.82. The van der Waals surface area contributed by atoms with Crippen LogP contribution < -0.4 is 0 Å². The van der Waals surface area contributed by atoms with E-state index in [2.05, 4.69) is 37.4 Å². The van der Waals surface area contributed by atoms with Gasteiger partial charge >= 0.3 is 6.73 Å². The maximum Gasteiger partial charge on any atom is 0.323 e. The molecule has 0 bridgehead atoms. The summed E-state index contributed by atoms with van der Waals surface area (Å²) in [5, 5.41) is 8.49. The lowest BCUT2D eigenvalue weighted by atomic mass is 10.2. The first-order valence-electron chi connectivity index (χ1n) is 6.02. The van der Waals surface area contributed by atoms with Crippen molar-refractivity contribution in [3.63, 3.8) is 0 Å². The summed E-state index contributed by atoms with van der Waals surface area (Å²) < 4.78 is 11.0. The Labute approximate surface area is 111 Å². The Hall–Kier alpha value is -0.710. The smallest absolute Gasteiger partial charge is 0.323 e. The highest BCUT2D eigenvalue weighted by atomic mass is 31.2. The standard InChI is InChI=1S/C12H22N3O2P/c1-11(2)15(12(3)4)10-18(17-9-14-5)16-8-6-7-13/h11-12H,6,8-10H2,1-4H3. The van der Waals surface area contributed by atoms with Crippen molar-refractivity contribution in [3.8, 4) is 6.07 Å². The van der Waals surface area contributed by atoms with E-state index >= 15 is 0 Å². The number of hydrogen-bond donors (Lipinski definition) is 0. The molecule has 0 aromatic rings. The lowest BCUT2D eigenvalue weighted by Gasteiger charge is -2.32. The molecular formula is C12H22N3O2P. The van der Waals surface area contributed by atoms with Crippen LogP contribution in [-0.4, -0.2) is 36.6 Å². The molecule has 0 heterocycles. The molecule has 0 aliphatic rings. The number of nitrogens with zero attached hydrogens (tertiary/aromatic N) is 3. The normalized spacial score (nSPS) is 12.7. The molecule has 1 unspecified atom stereocenters. The second-order valence-electron chi connectivity index (χ2n) is 4.33. The molecule has 0 saturated heterocycles. The van der Waals surface area contributed by atoms with Gasteiger partial charge in [0.15, 0.2) is 8.38 Å². The molecule has 0 spiro atoms. The maximum atomic E-state index is 8.49. The fraction of sp³-hybridized carbons (Fsp3) is 0.833. The maximum absolute atomic E-state index is 8.49. The van der Waals surface area contributed by atoms with E-state index in [4.69, 9.17) is 20.9 Å². The van der Waals surface area contributed by atoms with Crippen molar-refractivity contribution in [1.29, 1.82) is 5.26 Å². The average Bonchev–Trinajstić information content (AvgIpc) is 2.31. The van der Waals surface area contributed by atoms with E-state index in [0.29, 0.717) is 31.4 Å². The quantitative estimate of drug-likeness (QED) is 0.367. The van der Waals surface area contributed by atoms with Crippen LogP contribution in [-0.2, 0) is 9.05 Å². The monoisotopic (exact) mass is 271 g/mol. The molecule has 0 amide bonds. The predicted molar refractivity (Wildman–Crippen MR) is 72.6 cm³/mol. The van der Waals surface area contributed by atoms with Crippen LogP contribution in [0.2, 0.25) is 0 Å². The molecule has 0 rings (SSSR count). The molecule has 0 aliphatic carbocycles. The highest BCUT2D eigenvalue weighted by molar-refractivity contribution is 7.47. The van der Waals surface area contributed by atoms with Crippen molar-refractivity contribution in [2.75, 3.05) is 19.6 Å². The Kier molecular flexibility index (Phi) is 9.83. The van der Waals surface area contributed by atoms with Crippen LogP contribution in [0.25, 0.3) is 4.85 Å². The van der Waals surface area contributed by atoms with Crippen LogP contribution in [0.3, 0.4) is 0 Å². The van der Waals surface area contributed by atoms with Gasteiger partial charge in [-0.25, -0.2) is 6.57 Å². The predicted octanol–water partition coefficient (Wildman–Crippen LogP) is 3.20. The van der Waals surface area contributed by atoms with Crippen molar-refractivity contribution in [1.82, 2.24) is 4.90 Å². The molecule has 0 fully saturated rings. The molecule has 18 heavy (non-hydrogen) atoms. The fourth-order valence-electron chi connectivity index (χ4n) is 1.46. The van der Waals surface area contributed by atoms with Crippen molar-refractivity contribution < 1.29 is 9.05 Å². The minimum absolute atomic E-state index is 0.0162. The summed E-state index contributed by atoms with van der Waals surface area (Å²) in [5.41, 5.74) is 0. The molecule has 0 N–H and O–H groups in total. The largest absolute Gasteiger partial charge is 0.332 e. The van der Waals surface area contributed by atoms with Gasteiger partial charge in [-0.2, -0.15) is 5.26 Å². The Morgan fingerprint density at radius 3 is 2.33 bits per heavy atom. The first-order valence-corrected chi connectivity index (χ1v) is 7.38. The first kappa shape index (κ1) is 17.3. The first-order chi connectivity index (χ1) is 8.52. The van der Waals surface area contributed by atoms with Gasteiger partial charge in [-0.1, -0.05) is 0 Å². The van der Waals surface area contributed by atoms with Crippen LogP contribution >= 0.6 is 8.38 Å². The minimum Gasteiger partial charge on any atom is -0.332 e. The summed E-state index contributed by atoms with van der Waals surface area (Å²) in [6.45, 7) is 15.6. The Balaban J connectivity index is 4.35. The second-order valence-corrected chi connectivity index (χ2v) is 5.80. The van der Waals surface area contributed by atoms with E-state index in [1.165, 1.54) is 0 Å². The zero-order valence-electron chi connectivity index (χ0n) is 11.6. The summed E-state index contributed by atoms with van der Waals surface area (Å²) in [6.07, 6.45) is 1.02. The molecule has 0 radical (unpaired) electrons. The molecule has 0 aliphatic heterocycles. The van der Waals surface area contributed by atoms with Gasteiger partial charge < -0.3 is 4.52 Å². The van der Waals surface area contributed by atoms with Crippen LogP contribution in [0.15, 0.2) is 0 Å². The van der Waals surface area contributed by atoms with Gasteiger partial charge in [0, 0.05) is 12.1 Å². The third-order valence-corrected chi connectivity index (χ3v) is 3.75. The van der Waals surface area contributed by atoms with Crippen LogP contribution in [0.5, 0.6) is 0 Å². The highest BCUT2D eigenvalue weighted by Gasteiger charge is 2.21. The topological polar surface area (TPSA) is 49.8 Å². The SMILES string of the molecule is [C-]#[N+]COP(CN(C(C)C)C(C)C)OCCC#N. The Morgan fingerprint density at radius 1 is 1.28 bits per heavy atom. The van der Waals surface area contributed by atoms with Gasteiger partial charge in [0.2, 0.25) is 0 Å². The van der Waals surface area contributed by atoms with Gasteiger partial charge in [-0.15, -0.1) is 0 Å². The van der Waals surface area contributed by atoms with Crippen LogP contribution in [0.1, 0.15) is 34.1 Å². The number of rotatable bonds is 9. The van der Waals surface area contributed by atoms with Gasteiger partial charge in [-0.05, 0) is 27.7 Å². The Morgan fingerprint density at radius 2 is 1.89 bits per heavy atom. The third-order valence-electron chi connectivity index (χ3n) is 2.32. The van der Waals surface area contributed by atoms with E-state index in [1.807, 2.05) is 6.07 Å². The van der Waals surface area contributed by atoms with Gasteiger partial charge in [-0.3, -0.25) is 14.3 Å². The molecule has 1 atom stereocenters. The molecule has 5 nitrogen and oxygen atoms in total. The van der Waals surface area contributed by atoms with Crippen LogP contribution in [0, 0.1) is 17.9 Å². The zero-order chi connectivity index (χ0) is 14.0. The van der Waals surface area contributed by atoms with Gasteiger partial charge in [0.05, 0.1) is 25.4 Å². The Bertz CT molecular complexity index is 289. The summed E-state index contributed by atoms with van der Waals surface area (Å²) in [5.74, 6) is 0. The van der Waals surface area contributed by atoms with Crippen LogP contribution in [0.4, 0.5) is 0 Å². The van der Waals surface area contributed by atoms with Gasteiger partial charge in [0.25, 0.3) is 0 Å². The van der Waals surface area contributed by atoms with E-state index < -0.39 is 8.38 Å². The summed E-state index contributed by atoms with van der Waals surface area (Å²) in [4.78, 5) is 5.45. The number of nitriles is 1. The molecule has 102 valence electrons. The van der Waals surface area contributed by atoms with Crippen molar-refractivity contribution in [2.24, 2.45) is 0 Å². The lowest BCUT2D eigenvalue weighted by Crippen LogP contribution is -2.37. The van der Waals surface area contributed by atoms with E-state index in [-0.39, 0.29) is 6.73 Å². The van der Waals surface area contributed by atoms with E-state index in [1.54, 1.807) is 0 Å². The lowest BCUT2D eigenvalue weighted by molar-refractivity contribution is 0.182. The van der Waals surface area contributed by atoms with Gasteiger partial charge in [0.1, 0.15) is 0 Å². The summed E-state index contributed by atoms with van der Waals surface area (Å²) in [7, 11) is -1.12. The summed E-state index contributed by atoms with van der Waals surface area (Å²) >= 11 is 0. The van der Waals surface area contributed by atoms with Crippen molar-refractivity contribution in [2.45, 2.75) is 46.2 Å². The highest BCUT2D eigenvalue weighted by Crippen LogP contribution is 2.40. The minimum atomic E-state index is -1.12. The molecule has 0 aromatic heterocycles. The van der Waals surface area contributed by atoms with Crippen molar-refractivity contribution >= 4 is 8.38 Å². The molecule has 0 aromatic carbocycles. The number of hydrogen-bond acceptors (Lipinski definition) is 4. The molecular weight excluding hydrogens is 249 g/mol. The molecule has 0 saturated carbocycles. The third kappa shape index (κ3) is 7.58.